The third-order valence-electron chi connectivity index (χ3n) is 3.96. The number of nitrogens with two attached hydrogens (primary N) is 1. The molecule has 1 aromatic carbocycles. The van der Waals surface area contributed by atoms with Crippen LogP contribution in [0.15, 0.2) is 30.3 Å². The molecule has 0 spiro atoms. The van der Waals surface area contributed by atoms with Crippen LogP contribution in [0.5, 0.6) is 0 Å². The van der Waals surface area contributed by atoms with E-state index in [0.29, 0.717) is 6.54 Å². The molecule has 3 nitrogen and oxygen atoms in total. The fourth-order valence-corrected chi connectivity index (χ4v) is 2.74. The minimum atomic E-state index is 0.126. The Balaban J connectivity index is 2.10. The highest BCUT2D eigenvalue weighted by atomic mass is 16.2. The van der Waals surface area contributed by atoms with E-state index in [2.05, 4.69) is 6.92 Å². The van der Waals surface area contributed by atoms with Crippen LogP contribution in [0, 0.1) is 5.92 Å². The van der Waals surface area contributed by atoms with Gasteiger partial charge in [-0.2, -0.15) is 0 Å². The summed E-state index contributed by atoms with van der Waals surface area (Å²) in [6.45, 7) is 3.62. The topological polar surface area (TPSA) is 46.3 Å². The maximum Gasteiger partial charge on any atom is 0.254 e. The van der Waals surface area contributed by atoms with Gasteiger partial charge in [-0.1, -0.05) is 31.5 Å². The Bertz CT molecular complexity index is 391. The summed E-state index contributed by atoms with van der Waals surface area (Å²) in [5.41, 5.74) is 6.60. The highest BCUT2D eigenvalue weighted by Gasteiger charge is 2.30. The average molecular weight is 246 g/mol. The average Bonchev–Trinajstić information content (AvgIpc) is 2.46. The quantitative estimate of drug-likeness (QED) is 0.889. The number of rotatable bonds is 3. The molecule has 1 heterocycles. The summed E-state index contributed by atoms with van der Waals surface area (Å²) in [6, 6.07) is 9.70. The Labute approximate surface area is 109 Å². The highest BCUT2D eigenvalue weighted by molar-refractivity contribution is 5.94. The number of benzene rings is 1. The molecule has 0 saturated carbocycles. The minimum absolute atomic E-state index is 0.126. The number of likely N-dealkylation sites (tertiary alicyclic amines) is 1. The number of amides is 1. The van der Waals surface area contributed by atoms with Gasteiger partial charge in [-0.3, -0.25) is 4.79 Å². The second kappa shape index (κ2) is 6.01. The van der Waals surface area contributed by atoms with Gasteiger partial charge in [0, 0.05) is 24.7 Å². The molecule has 1 aromatic rings. The molecule has 18 heavy (non-hydrogen) atoms. The first-order chi connectivity index (χ1) is 8.76. The molecular formula is C15H22N2O. The predicted octanol–water partition coefficient (Wildman–Crippen LogP) is 2.28. The monoisotopic (exact) mass is 246 g/mol. The molecule has 0 bridgehead atoms. The van der Waals surface area contributed by atoms with Gasteiger partial charge in [0.05, 0.1) is 0 Å². The standard InChI is InChI=1S/C15H22N2O/c1-2-12-8-9-17(14(10-12)11-16)15(18)13-6-4-3-5-7-13/h3-7,12,14H,2,8-11,16H2,1H3. The van der Waals surface area contributed by atoms with Crippen molar-refractivity contribution in [2.24, 2.45) is 11.7 Å². The zero-order valence-corrected chi connectivity index (χ0v) is 11.0. The van der Waals surface area contributed by atoms with Gasteiger partial charge in [0.1, 0.15) is 0 Å². The van der Waals surface area contributed by atoms with Gasteiger partial charge in [0.2, 0.25) is 0 Å². The first kappa shape index (κ1) is 13.1. The molecule has 2 atom stereocenters. The number of carbonyl (C=O) groups is 1. The number of hydrogen-bond acceptors (Lipinski definition) is 2. The van der Waals surface area contributed by atoms with Gasteiger partial charge in [-0.15, -0.1) is 0 Å². The Morgan fingerprint density at radius 1 is 1.39 bits per heavy atom. The van der Waals surface area contributed by atoms with Crippen molar-refractivity contribution in [3.63, 3.8) is 0 Å². The van der Waals surface area contributed by atoms with Crippen molar-refractivity contribution in [1.29, 1.82) is 0 Å². The van der Waals surface area contributed by atoms with Crippen LogP contribution >= 0.6 is 0 Å². The number of hydrogen-bond donors (Lipinski definition) is 1. The predicted molar refractivity (Wildman–Crippen MR) is 73.3 cm³/mol. The molecule has 1 aliphatic rings. The molecule has 2 unspecified atom stereocenters. The zero-order valence-electron chi connectivity index (χ0n) is 11.0. The van der Waals surface area contributed by atoms with Crippen LogP contribution in [0.2, 0.25) is 0 Å². The molecule has 1 fully saturated rings. The summed E-state index contributed by atoms with van der Waals surface area (Å²) >= 11 is 0. The largest absolute Gasteiger partial charge is 0.334 e. The van der Waals surface area contributed by atoms with Crippen molar-refractivity contribution in [3.8, 4) is 0 Å². The van der Waals surface area contributed by atoms with Gasteiger partial charge < -0.3 is 10.6 Å². The SMILES string of the molecule is CCC1CCN(C(=O)c2ccccc2)C(CN)C1. The fourth-order valence-electron chi connectivity index (χ4n) is 2.74. The third-order valence-corrected chi connectivity index (χ3v) is 3.96. The lowest BCUT2D eigenvalue weighted by atomic mass is 9.88. The molecule has 2 N–H and O–H groups in total. The third kappa shape index (κ3) is 2.72. The molecular weight excluding hydrogens is 224 g/mol. The molecule has 3 heteroatoms. The van der Waals surface area contributed by atoms with Crippen molar-refractivity contribution in [1.82, 2.24) is 4.90 Å². The summed E-state index contributed by atoms with van der Waals surface area (Å²) in [5.74, 6) is 0.846. The van der Waals surface area contributed by atoms with Crippen LogP contribution < -0.4 is 5.73 Å². The van der Waals surface area contributed by atoms with Crippen molar-refractivity contribution in [3.05, 3.63) is 35.9 Å². The van der Waals surface area contributed by atoms with Crippen LogP contribution in [0.3, 0.4) is 0 Å². The first-order valence-corrected chi connectivity index (χ1v) is 6.82. The first-order valence-electron chi connectivity index (χ1n) is 6.82. The van der Waals surface area contributed by atoms with Crippen molar-refractivity contribution in [2.45, 2.75) is 32.2 Å². The van der Waals surface area contributed by atoms with Crippen molar-refractivity contribution in [2.75, 3.05) is 13.1 Å². The van der Waals surface area contributed by atoms with Crippen LogP contribution in [0.25, 0.3) is 0 Å². The fraction of sp³-hybridized carbons (Fsp3) is 0.533. The van der Waals surface area contributed by atoms with Gasteiger partial charge in [0.15, 0.2) is 0 Å². The summed E-state index contributed by atoms with van der Waals surface area (Å²) in [5, 5.41) is 0. The van der Waals surface area contributed by atoms with Gasteiger partial charge >= 0.3 is 0 Å². The van der Waals surface area contributed by atoms with Crippen LogP contribution in [0.1, 0.15) is 36.5 Å². The summed E-state index contributed by atoms with van der Waals surface area (Å²) in [7, 11) is 0. The van der Waals surface area contributed by atoms with Crippen molar-refractivity contribution >= 4 is 5.91 Å². The molecule has 1 saturated heterocycles. The van der Waals surface area contributed by atoms with E-state index in [9.17, 15) is 4.79 Å². The normalized spacial score (nSPS) is 24.0. The van der Waals surface area contributed by atoms with Crippen molar-refractivity contribution < 1.29 is 4.79 Å². The second-order valence-corrected chi connectivity index (χ2v) is 5.05. The second-order valence-electron chi connectivity index (χ2n) is 5.05. The summed E-state index contributed by atoms with van der Waals surface area (Å²) < 4.78 is 0. The zero-order chi connectivity index (χ0) is 13.0. The Morgan fingerprint density at radius 3 is 2.72 bits per heavy atom. The van der Waals surface area contributed by atoms with E-state index < -0.39 is 0 Å². The van der Waals surface area contributed by atoms with E-state index in [1.54, 1.807) is 0 Å². The van der Waals surface area contributed by atoms with E-state index in [-0.39, 0.29) is 11.9 Å². The van der Waals surface area contributed by atoms with E-state index >= 15 is 0 Å². The lowest BCUT2D eigenvalue weighted by molar-refractivity contribution is 0.0558. The van der Waals surface area contributed by atoms with E-state index in [0.717, 1.165) is 30.9 Å². The maximum absolute atomic E-state index is 12.4. The lowest BCUT2D eigenvalue weighted by Crippen LogP contribution is -2.49. The van der Waals surface area contributed by atoms with Gasteiger partial charge in [-0.05, 0) is 30.9 Å². The Hall–Kier alpha value is -1.35. The lowest BCUT2D eigenvalue weighted by Gasteiger charge is -2.39. The number of carbonyl (C=O) groups excluding carboxylic acids is 1. The van der Waals surface area contributed by atoms with Crippen LogP contribution in [-0.2, 0) is 0 Å². The minimum Gasteiger partial charge on any atom is -0.334 e. The van der Waals surface area contributed by atoms with Crippen LogP contribution in [0.4, 0.5) is 0 Å². The van der Waals surface area contributed by atoms with E-state index in [4.69, 9.17) is 5.73 Å². The molecule has 0 aliphatic carbocycles. The Morgan fingerprint density at radius 2 is 2.11 bits per heavy atom. The number of nitrogens with zero attached hydrogens (tertiary/aromatic N) is 1. The molecule has 98 valence electrons. The molecule has 2 rings (SSSR count). The Kier molecular flexibility index (Phi) is 4.37. The molecule has 0 radical (unpaired) electrons. The van der Waals surface area contributed by atoms with Gasteiger partial charge in [0.25, 0.3) is 5.91 Å². The summed E-state index contributed by atoms with van der Waals surface area (Å²) in [6.07, 6.45) is 3.33. The number of piperidine rings is 1. The molecule has 1 amide bonds. The molecule has 1 aliphatic heterocycles. The van der Waals surface area contributed by atoms with Gasteiger partial charge in [-0.25, -0.2) is 0 Å². The van der Waals surface area contributed by atoms with E-state index in [1.807, 2.05) is 35.2 Å². The van der Waals surface area contributed by atoms with Crippen LogP contribution in [-0.4, -0.2) is 29.9 Å². The highest BCUT2D eigenvalue weighted by Crippen LogP contribution is 2.26. The maximum atomic E-state index is 12.4. The molecule has 0 aromatic heterocycles. The smallest absolute Gasteiger partial charge is 0.254 e. The van der Waals surface area contributed by atoms with E-state index in [1.165, 1.54) is 6.42 Å². The summed E-state index contributed by atoms with van der Waals surface area (Å²) in [4.78, 5) is 14.4.